The molecule has 0 bridgehead atoms. The summed E-state index contributed by atoms with van der Waals surface area (Å²) in [4.78, 5) is 11.3. The number of nitrogens with zero attached hydrogens (tertiary/aromatic N) is 1. The van der Waals surface area contributed by atoms with Crippen LogP contribution in [0, 0.1) is 0 Å². The van der Waals surface area contributed by atoms with Gasteiger partial charge in [0.1, 0.15) is 0 Å². The lowest BCUT2D eigenvalue weighted by atomic mass is 10.2. The number of hydrogen-bond donors (Lipinski definition) is 3. The van der Waals surface area contributed by atoms with E-state index in [0.717, 1.165) is 25.0 Å². The summed E-state index contributed by atoms with van der Waals surface area (Å²) in [5.74, 6) is 5.81. The predicted molar refractivity (Wildman–Crippen MR) is 87.6 cm³/mol. The number of carbonyl (C=O) groups is 1. The number of nitrogens with two attached hydrogens (primary N) is 2. The molecule has 1 amide bonds. The maximum absolute atomic E-state index is 11.3. The standard InChI is InChI=1S/C15H32N4O3/c1-3-5-6-15(20)18-7-9-21-11-12-22-10-8-19(17)13-14(16)4-2/h13H,3-12,16-17H2,1-2H3,(H,18,20)/b14-13-. The minimum Gasteiger partial charge on any atom is -0.401 e. The van der Waals surface area contributed by atoms with Crippen LogP contribution >= 0.6 is 0 Å². The molecule has 0 rings (SSSR count). The monoisotopic (exact) mass is 316 g/mol. The third-order valence-corrected chi connectivity index (χ3v) is 2.93. The zero-order chi connectivity index (χ0) is 16.6. The van der Waals surface area contributed by atoms with E-state index in [-0.39, 0.29) is 5.91 Å². The number of ether oxygens (including phenoxy) is 2. The Hall–Kier alpha value is -1.31. The molecule has 0 heterocycles. The van der Waals surface area contributed by atoms with E-state index >= 15 is 0 Å². The Morgan fingerprint density at radius 3 is 2.50 bits per heavy atom. The number of nitrogens with one attached hydrogen (secondary N) is 1. The second kappa shape index (κ2) is 14.6. The highest BCUT2D eigenvalue weighted by molar-refractivity contribution is 5.75. The molecule has 0 aliphatic carbocycles. The topological polar surface area (TPSA) is 103 Å². The van der Waals surface area contributed by atoms with Crippen LogP contribution in [0.2, 0.25) is 0 Å². The molecule has 0 unspecified atom stereocenters. The van der Waals surface area contributed by atoms with Crippen molar-refractivity contribution in [2.24, 2.45) is 11.6 Å². The van der Waals surface area contributed by atoms with Crippen LogP contribution in [-0.2, 0) is 14.3 Å². The second-order valence-corrected chi connectivity index (χ2v) is 4.97. The molecule has 0 aromatic carbocycles. The van der Waals surface area contributed by atoms with Crippen LogP contribution in [0.15, 0.2) is 11.9 Å². The SMILES string of the molecule is CCCCC(=O)NCCOCCOCCN(N)/C=C(\N)CC. The van der Waals surface area contributed by atoms with Crippen LogP contribution < -0.4 is 16.9 Å². The molecule has 7 nitrogen and oxygen atoms in total. The van der Waals surface area contributed by atoms with E-state index in [9.17, 15) is 4.79 Å². The minimum absolute atomic E-state index is 0.0872. The summed E-state index contributed by atoms with van der Waals surface area (Å²) in [6.45, 7) is 7.18. The zero-order valence-electron chi connectivity index (χ0n) is 14.0. The molecular formula is C15H32N4O3. The quantitative estimate of drug-likeness (QED) is 0.248. The van der Waals surface area contributed by atoms with E-state index in [1.54, 1.807) is 6.20 Å². The van der Waals surface area contributed by atoms with E-state index in [1.165, 1.54) is 5.01 Å². The van der Waals surface area contributed by atoms with E-state index < -0.39 is 0 Å². The normalized spacial score (nSPS) is 11.5. The molecular weight excluding hydrogens is 284 g/mol. The molecule has 0 aliphatic heterocycles. The number of hydrazine groups is 1. The van der Waals surface area contributed by atoms with Crippen LogP contribution in [-0.4, -0.2) is 50.4 Å². The lowest BCUT2D eigenvalue weighted by molar-refractivity contribution is -0.121. The summed E-state index contributed by atoms with van der Waals surface area (Å²) in [5.41, 5.74) is 6.41. The maximum Gasteiger partial charge on any atom is 0.220 e. The van der Waals surface area contributed by atoms with Gasteiger partial charge in [0.05, 0.1) is 33.0 Å². The van der Waals surface area contributed by atoms with Crippen molar-refractivity contribution in [1.82, 2.24) is 10.3 Å². The molecule has 0 saturated heterocycles. The van der Waals surface area contributed by atoms with Crippen molar-refractivity contribution < 1.29 is 14.3 Å². The molecule has 22 heavy (non-hydrogen) atoms. The predicted octanol–water partition coefficient (Wildman–Crippen LogP) is 0.712. The van der Waals surface area contributed by atoms with Gasteiger partial charge in [-0.05, 0) is 12.8 Å². The molecule has 0 aromatic heterocycles. The van der Waals surface area contributed by atoms with Gasteiger partial charge in [0.15, 0.2) is 0 Å². The number of rotatable bonds is 14. The van der Waals surface area contributed by atoms with Crippen LogP contribution in [0.25, 0.3) is 0 Å². The zero-order valence-corrected chi connectivity index (χ0v) is 14.0. The van der Waals surface area contributed by atoms with Gasteiger partial charge in [-0.3, -0.25) is 4.79 Å². The fraction of sp³-hybridized carbons (Fsp3) is 0.800. The number of amides is 1. The fourth-order valence-electron chi connectivity index (χ4n) is 1.55. The molecule has 0 spiro atoms. The smallest absolute Gasteiger partial charge is 0.220 e. The van der Waals surface area contributed by atoms with Gasteiger partial charge in [0.25, 0.3) is 0 Å². The van der Waals surface area contributed by atoms with Gasteiger partial charge in [-0.1, -0.05) is 20.3 Å². The van der Waals surface area contributed by atoms with Gasteiger partial charge in [0.2, 0.25) is 5.91 Å². The Balaban J connectivity index is 3.32. The first-order chi connectivity index (χ1) is 10.6. The van der Waals surface area contributed by atoms with Gasteiger partial charge >= 0.3 is 0 Å². The maximum atomic E-state index is 11.3. The van der Waals surface area contributed by atoms with E-state index in [1.807, 2.05) is 6.92 Å². The van der Waals surface area contributed by atoms with Crippen LogP contribution in [0.1, 0.15) is 39.5 Å². The summed E-state index contributed by atoms with van der Waals surface area (Å²) in [6.07, 6.45) is 5.03. The number of hydrogen-bond acceptors (Lipinski definition) is 6. The van der Waals surface area contributed by atoms with Gasteiger partial charge < -0.3 is 25.5 Å². The first kappa shape index (κ1) is 20.7. The highest BCUT2D eigenvalue weighted by Crippen LogP contribution is 1.93. The molecule has 0 radical (unpaired) electrons. The van der Waals surface area contributed by atoms with Gasteiger partial charge in [-0.15, -0.1) is 0 Å². The molecule has 7 heteroatoms. The number of carbonyl (C=O) groups excluding carboxylic acids is 1. The molecule has 0 saturated carbocycles. The third-order valence-electron chi connectivity index (χ3n) is 2.93. The number of unbranched alkanes of at least 4 members (excludes halogenated alkanes) is 1. The third kappa shape index (κ3) is 13.7. The molecule has 0 aliphatic rings. The minimum atomic E-state index is 0.0872. The fourth-order valence-corrected chi connectivity index (χ4v) is 1.55. The van der Waals surface area contributed by atoms with Crippen LogP contribution in [0.4, 0.5) is 0 Å². The summed E-state index contributed by atoms with van der Waals surface area (Å²) in [6, 6.07) is 0. The largest absolute Gasteiger partial charge is 0.401 e. The lowest BCUT2D eigenvalue weighted by Gasteiger charge is -2.14. The van der Waals surface area contributed by atoms with E-state index in [4.69, 9.17) is 21.1 Å². The average molecular weight is 316 g/mol. The first-order valence-electron chi connectivity index (χ1n) is 7.99. The van der Waals surface area contributed by atoms with E-state index in [0.29, 0.717) is 45.9 Å². The van der Waals surface area contributed by atoms with Crippen molar-refractivity contribution in [3.63, 3.8) is 0 Å². The van der Waals surface area contributed by atoms with Crippen molar-refractivity contribution in [2.75, 3.05) is 39.5 Å². The first-order valence-corrected chi connectivity index (χ1v) is 7.99. The summed E-state index contributed by atoms with van der Waals surface area (Å²) in [7, 11) is 0. The van der Waals surface area contributed by atoms with Crippen molar-refractivity contribution in [3.8, 4) is 0 Å². The van der Waals surface area contributed by atoms with Crippen LogP contribution in [0.3, 0.4) is 0 Å². The average Bonchev–Trinajstić information content (AvgIpc) is 2.50. The molecule has 0 atom stereocenters. The van der Waals surface area contributed by atoms with Crippen molar-refractivity contribution in [3.05, 3.63) is 11.9 Å². The Labute approximate surface area is 134 Å². The second-order valence-electron chi connectivity index (χ2n) is 4.97. The lowest BCUT2D eigenvalue weighted by Crippen LogP contribution is -2.30. The van der Waals surface area contributed by atoms with E-state index in [2.05, 4.69) is 12.2 Å². The Morgan fingerprint density at radius 2 is 1.86 bits per heavy atom. The van der Waals surface area contributed by atoms with Gasteiger partial charge in [0, 0.05) is 24.9 Å². The Bertz CT molecular complexity index is 311. The summed E-state index contributed by atoms with van der Waals surface area (Å²) in [5, 5.41) is 4.33. The van der Waals surface area contributed by atoms with Crippen LogP contribution in [0.5, 0.6) is 0 Å². The summed E-state index contributed by atoms with van der Waals surface area (Å²) >= 11 is 0. The Kier molecular flexibility index (Phi) is 13.7. The Morgan fingerprint density at radius 1 is 1.18 bits per heavy atom. The molecule has 5 N–H and O–H groups in total. The summed E-state index contributed by atoms with van der Waals surface area (Å²) < 4.78 is 10.8. The highest BCUT2D eigenvalue weighted by atomic mass is 16.5. The number of allylic oxidation sites excluding steroid dienone is 1. The van der Waals surface area contributed by atoms with Gasteiger partial charge in [-0.2, -0.15) is 0 Å². The molecule has 0 aromatic rings. The highest BCUT2D eigenvalue weighted by Gasteiger charge is 1.99. The van der Waals surface area contributed by atoms with Gasteiger partial charge in [-0.25, -0.2) is 5.84 Å². The van der Waals surface area contributed by atoms with Crippen molar-refractivity contribution in [1.29, 1.82) is 0 Å². The molecule has 130 valence electrons. The van der Waals surface area contributed by atoms with Crippen molar-refractivity contribution >= 4 is 5.91 Å². The van der Waals surface area contributed by atoms with Crippen molar-refractivity contribution in [2.45, 2.75) is 39.5 Å². The molecule has 0 fully saturated rings.